The lowest BCUT2D eigenvalue weighted by molar-refractivity contribution is -0.133. The molecule has 0 N–H and O–H groups in total. The van der Waals surface area contributed by atoms with E-state index >= 15 is 0 Å². The molecule has 1 amide bonds. The van der Waals surface area contributed by atoms with Gasteiger partial charge in [0.2, 0.25) is 5.91 Å². The van der Waals surface area contributed by atoms with E-state index in [0.29, 0.717) is 36.7 Å². The Balaban J connectivity index is 1.39. The highest BCUT2D eigenvalue weighted by atomic mass is 32.1. The zero-order valence-corrected chi connectivity index (χ0v) is 16.9. The van der Waals surface area contributed by atoms with Crippen LogP contribution in [-0.2, 0) is 22.5 Å². The topological polar surface area (TPSA) is 55.6 Å². The molecular weight excluding hydrogens is 391 g/mol. The number of halogens is 1. The van der Waals surface area contributed by atoms with Crippen LogP contribution in [0.15, 0.2) is 52.4 Å². The highest BCUT2D eigenvalue weighted by Gasteiger charge is 2.23. The van der Waals surface area contributed by atoms with E-state index in [2.05, 4.69) is 4.98 Å². The monoisotopic (exact) mass is 414 g/mol. The van der Waals surface area contributed by atoms with Crippen LogP contribution in [-0.4, -0.2) is 35.0 Å². The number of aryl methyl sites for hydroxylation is 1. The number of ether oxygens (including phenoxy) is 1. The Hall–Kier alpha value is -2.51. The molecule has 0 bridgehead atoms. The van der Waals surface area contributed by atoms with Gasteiger partial charge in [-0.25, -0.2) is 9.37 Å². The van der Waals surface area contributed by atoms with Crippen LogP contribution in [0.2, 0.25) is 0 Å². The second kappa shape index (κ2) is 9.33. The Kier molecular flexibility index (Phi) is 6.36. The van der Waals surface area contributed by atoms with Crippen LogP contribution in [0.1, 0.15) is 30.0 Å². The summed E-state index contributed by atoms with van der Waals surface area (Å²) < 4.78 is 25.3. The first-order valence-electron chi connectivity index (χ1n) is 9.80. The summed E-state index contributed by atoms with van der Waals surface area (Å²) in [6.45, 7) is 1.95. The predicted molar refractivity (Wildman–Crippen MR) is 109 cm³/mol. The quantitative estimate of drug-likeness (QED) is 0.537. The van der Waals surface area contributed by atoms with Gasteiger partial charge in [0.05, 0.1) is 24.4 Å². The summed E-state index contributed by atoms with van der Waals surface area (Å²) in [7, 11) is 0. The van der Waals surface area contributed by atoms with Crippen molar-refractivity contribution in [2.45, 2.75) is 38.3 Å². The second-order valence-electron chi connectivity index (χ2n) is 7.09. The molecule has 1 aliphatic rings. The number of carbonyl (C=O) groups excluding carboxylic acids is 1. The fraction of sp³-hybridized carbons (Fsp3) is 0.364. The van der Waals surface area contributed by atoms with Gasteiger partial charge in [0.1, 0.15) is 5.82 Å². The number of hydrogen-bond acceptors (Lipinski definition) is 5. The molecule has 1 aromatic carbocycles. The van der Waals surface area contributed by atoms with E-state index in [1.165, 1.54) is 12.3 Å². The molecule has 1 fully saturated rings. The number of thiophene rings is 1. The van der Waals surface area contributed by atoms with Crippen LogP contribution >= 0.6 is 11.3 Å². The molecule has 29 heavy (non-hydrogen) atoms. The Morgan fingerprint density at radius 3 is 2.93 bits per heavy atom. The number of carbonyl (C=O) groups is 1. The number of rotatable bonds is 8. The van der Waals surface area contributed by atoms with Gasteiger partial charge in [0.25, 0.3) is 0 Å². The normalized spacial score (nSPS) is 16.2. The number of oxazole rings is 1. The van der Waals surface area contributed by atoms with Crippen molar-refractivity contribution >= 4 is 17.2 Å². The van der Waals surface area contributed by atoms with Crippen LogP contribution in [0, 0.1) is 5.82 Å². The molecule has 2 aromatic heterocycles. The lowest BCUT2D eigenvalue weighted by Crippen LogP contribution is -2.36. The Labute approximate surface area is 173 Å². The summed E-state index contributed by atoms with van der Waals surface area (Å²) in [6.07, 6.45) is 4.30. The summed E-state index contributed by atoms with van der Waals surface area (Å²) in [4.78, 5) is 20.1. The lowest BCUT2D eigenvalue weighted by atomic mass is 10.2. The van der Waals surface area contributed by atoms with Gasteiger partial charge in [0, 0.05) is 30.9 Å². The van der Waals surface area contributed by atoms with Gasteiger partial charge in [-0.3, -0.25) is 4.79 Å². The minimum Gasteiger partial charge on any atom is -0.441 e. The molecule has 3 aromatic rings. The average Bonchev–Trinajstić information content (AvgIpc) is 3.49. The molecule has 0 radical (unpaired) electrons. The molecule has 1 aliphatic heterocycles. The number of nitrogens with zero attached hydrogens (tertiary/aromatic N) is 2. The minimum absolute atomic E-state index is 0.0412. The van der Waals surface area contributed by atoms with Gasteiger partial charge in [-0.2, -0.15) is 0 Å². The first kappa shape index (κ1) is 19.8. The highest BCUT2D eigenvalue weighted by molar-refractivity contribution is 7.09. The third-order valence-corrected chi connectivity index (χ3v) is 5.83. The van der Waals surface area contributed by atoms with Crippen molar-refractivity contribution in [2.24, 2.45) is 0 Å². The SMILES string of the molecule is O=C(CCc1ncc(-c2ccccc2F)o1)N(Cc1cccs1)CC1CCCO1. The first-order valence-corrected chi connectivity index (χ1v) is 10.7. The van der Waals surface area contributed by atoms with Crippen LogP contribution in [0.25, 0.3) is 11.3 Å². The third-order valence-electron chi connectivity index (χ3n) is 4.97. The third kappa shape index (κ3) is 5.10. The molecular formula is C22H23FN2O3S. The molecule has 1 unspecified atom stereocenters. The predicted octanol–water partition coefficient (Wildman–Crippen LogP) is 4.68. The van der Waals surface area contributed by atoms with Gasteiger partial charge in [-0.1, -0.05) is 18.2 Å². The molecule has 4 rings (SSSR count). The number of hydrogen-bond donors (Lipinski definition) is 0. The van der Waals surface area contributed by atoms with E-state index < -0.39 is 0 Å². The molecule has 3 heterocycles. The number of amides is 1. The van der Waals surface area contributed by atoms with Crippen molar-refractivity contribution < 1.29 is 18.3 Å². The molecule has 0 saturated carbocycles. The molecule has 152 valence electrons. The molecule has 1 atom stereocenters. The minimum atomic E-state index is -0.357. The maximum atomic E-state index is 13.9. The second-order valence-corrected chi connectivity index (χ2v) is 8.12. The maximum Gasteiger partial charge on any atom is 0.223 e. The van der Waals surface area contributed by atoms with Gasteiger partial charge in [0.15, 0.2) is 11.7 Å². The van der Waals surface area contributed by atoms with E-state index in [0.717, 1.165) is 24.3 Å². The van der Waals surface area contributed by atoms with E-state index in [1.54, 1.807) is 29.5 Å². The smallest absolute Gasteiger partial charge is 0.223 e. The Morgan fingerprint density at radius 2 is 2.17 bits per heavy atom. The highest BCUT2D eigenvalue weighted by Crippen LogP contribution is 2.24. The van der Waals surface area contributed by atoms with Crippen molar-refractivity contribution in [3.63, 3.8) is 0 Å². The summed E-state index contributed by atoms with van der Waals surface area (Å²) in [6, 6.07) is 10.4. The van der Waals surface area contributed by atoms with Gasteiger partial charge in [-0.05, 0) is 36.4 Å². The number of benzene rings is 1. The summed E-state index contributed by atoms with van der Waals surface area (Å²) in [5.41, 5.74) is 0.371. The molecule has 5 nitrogen and oxygen atoms in total. The zero-order valence-electron chi connectivity index (χ0n) is 16.1. The molecule has 1 saturated heterocycles. The van der Waals surface area contributed by atoms with Crippen molar-refractivity contribution in [2.75, 3.05) is 13.2 Å². The van der Waals surface area contributed by atoms with Crippen molar-refractivity contribution in [3.05, 3.63) is 64.6 Å². The van der Waals surface area contributed by atoms with Crippen molar-refractivity contribution in [1.82, 2.24) is 9.88 Å². The van der Waals surface area contributed by atoms with Crippen LogP contribution < -0.4 is 0 Å². The van der Waals surface area contributed by atoms with E-state index in [9.17, 15) is 9.18 Å². The Morgan fingerprint density at radius 1 is 1.28 bits per heavy atom. The molecule has 7 heteroatoms. The van der Waals surface area contributed by atoms with Gasteiger partial charge < -0.3 is 14.1 Å². The van der Waals surface area contributed by atoms with Gasteiger partial charge >= 0.3 is 0 Å². The van der Waals surface area contributed by atoms with E-state index in [4.69, 9.17) is 9.15 Å². The van der Waals surface area contributed by atoms with Crippen LogP contribution in [0.4, 0.5) is 4.39 Å². The van der Waals surface area contributed by atoms with Crippen LogP contribution in [0.3, 0.4) is 0 Å². The molecule has 0 spiro atoms. The summed E-state index contributed by atoms with van der Waals surface area (Å²) in [5.74, 6) is 0.495. The fourth-order valence-electron chi connectivity index (χ4n) is 3.46. The van der Waals surface area contributed by atoms with Crippen molar-refractivity contribution in [3.8, 4) is 11.3 Å². The van der Waals surface area contributed by atoms with E-state index in [1.807, 2.05) is 22.4 Å². The van der Waals surface area contributed by atoms with Crippen molar-refractivity contribution in [1.29, 1.82) is 0 Å². The lowest BCUT2D eigenvalue weighted by Gasteiger charge is -2.25. The van der Waals surface area contributed by atoms with E-state index in [-0.39, 0.29) is 24.2 Å². The average molecular weight is 415 g/mol. The summed E-state index contributed by atoms with van der Waals surface area (Å²) >= 11 is 1.64. The standard InChI is InChI=1S/C22H23FN2O3S/c23-19-8-2-1-7-18(19)20-13-24-21(28-20)9-10-22(26)25(14-16-5-3-11-27-16)15-17-6-4-12-29-17/h1-2,4,6-8,12-13,16H,3,5,9-11,14-15H2. The zero-order chi connectivity index (χ0) is 20.1. The fourth-order valence-corrected chi connectivity index (χ4v) is 4.18. The molecule has 0 aliphatic carbocycles. The van der Waals surface area contributed by atoms with Crippen LogP contribution in [0.5, 0.6) is 0 Å². The largest absolute Gasteiger partial charge is 0.441 e. The maximum absolute atomic E-state index is 13.9. The summed E-state index contributed by atoms with van der Waals surface area (Å²) in [5, 5.41) is 2.01. The number of aromatic nitrogens is 1. The Bertz CT molecular complexity index is 935. The van der Waals surface area contributed by atoms with Gasteiger partial charge in [-0.15, -0.1) is 11.3 Å². The first-order chi connectivity index (χ1) is 14.2.